The number of likely N-dealkylation sites (tertiary alicyclic amines) is 1. The van der Waals surface area contributed by atoms with Gasteiger partial charge in [-0.15, -0.1) is 0 Å². The van der Waals surface area contributed by atoms with Crippen LogP contribution in [0.3, 0.4) is 0 Å². The van der Waals surface area contributed by atoms with Crippen molar-refractivity contribution in [2.24, 2.45) is 11.8 Å². The van der Waals surface area contributed by atoms with Gasteiger partial charge in [-0.05, 0) is 42.5 Å². The van der Waals surface area contributed by atoms with Crippen molar-refractivity contribution in [2.45, 2.75) is 31.3 Å². The van der Waals surface area contributed by atoms with Crippen molar-refractivity contribution in [2.75, 3.05) is 11.9 Å². The maximum Gasteiger partial charge on any atom is 0.250 e. The highest BCUT2D eigenvalue weighted by atomic mass is 35.5. The van der Waals surface area contributed by atoms with E-state index in [1.807, 2.05) is 73.7 Å². The molecule has 2 N–H and O–H groups in total. The lowest BCUT2D eigenvalue weighted by atomic mass is 9.76. The fourth-order valence-corrected chi connectivity index (χ4v) is 6.36. The summed E-state index contributed by atoms with van der Waals surface area (Å²) in [6, 6.07) is 22.8. The zero-order chi connectivity index (χ0) is 25.0. The fraction of sp³-hybridized carbons (Fsp3) is 0.276. The van der Waals surface area contributed by atoms with Crippen LogP contribution in [-0.4, -0.2) is 35.2 Å². The van der Waals surface area contributed by atoms with Crippen LogP contribution in [0.5, 0.6) is 0 Å². The van der Waals surface area contributed by atoms with Gasteiger partial charge in [-0.2, -0.15) is 0 Å². The minimum absolute atomic E-state index is 0.210. The topological polar surface area (TPSA) is 78.5 Å². The number of halogens is 1. The third-order valence-corrected chi connectivity index (χ3v) is 8.35. The summed E-state index contributed by atoms with van der Waals surface area (Å²) in [6.45, 7) is 2.14. The molecule has 0 aliphatic carbocycles. The van der Waals surface area contributed by atoms with E-state index in [2.05, 4.69) is 10.6 Å². The lowest BCUT2D eigenvalue weighted by molar-refractivity contribution is -0.142. The molecule has 3 amide bonds. The molecule has 3 aliphatic rings. The molecule has 0 radical (unpaired) electrons. The van der Waals surface area contributed by atoms with Gasteiger partial charge in [0, 0.05) is 23.2 Å². The first-order chi connectivity index (χ1) is 17.4. The lowest BCUT2D eigenvalue weighted by Crippen LogP contribution is -2.53. The largest absolute Gasteiger partial charge is 0.324 e. The van der Waals surface area contributed by atoms with E-state index in [1.54, 1.807) is 6.07 Å². The summed E-state index contributed by atoms with van der Waals surface area (Å²) in [7, 11) is 0. The van der Waals surface area contributed by atoms with Crippen LogP contribution in [0.25, 0.3) is 0 Å². The molecule has 182 valence electrons. The van der Waals surface area contributed by atoms with Gasteiger partial charge in [0.25, 0.3) is 0 Å². The number of hydrogen-bond donors (Lipinski definition) is 2. The number of fused-ring (bicyclic) bond motifs is 4. The third-order valence-electron chi connectivity index (χ3n) is 7.94. The summed E-state index contributed by atoms with van der Waals surface area (Å²) in [6.07, 6.45) is 1.10. The monoisotopic (exact) mass is 499 g/mol. The Labute approximate surface area is 214 Å². The van der Waals surface area contributed by atoms with Crippen molar-refractivity contribution < 1.29 is 14.4 Å². The van der Waals surface area contributed by atoms with E-state index in [4.69, 9.17) is 11.6 Å². The number of carbonyl (C=O) groups excluding carboxylic acids is 3. The highest BCUT2D eigenvalue weighted by Crippen LogP contribution is 2.54. The Kier molecular flexibility index (Phi) is 5.47. The van der Waals surface area contributed by atoms with Gasteiger partial charge in [-0.25, -0.2) is 0 Å². The van der Waals surface area contributed by atoms with Crippen LogP contribution in [0.1, 0.15) is 22.3 Å². The molecule has 3 aliphatic heterocycles. The Morgan fingerprint density at radius 1 is 0.889 bits per heavy atom. The molecule has 6 rings (SSSR count). The Balaban J connectivity index is 1.42. The van der Waals surface area contributed by atoms with Gasteiger partial charge in [0.1, 0.15) is 5.54 Å². The lowest BCUT2D eigenvalue weighted by Gasteiger charge is -2.29. The molecule has 3 heterocycles. The Morgan fingerprint density at radius 2 is 1.56 bits per heavy atom. The highest BCUT2D eigenvalue weighted by Gasteiger charge is 2.70. The normalized spacial score (nSPS) is 26.4. The Morgan fingerprint density at radius 3 is 2.25 bits per heavy atom. The number of carbonyl (C=O) groups is 3. The second-order valence-electron chi connectivity index (χ2n) is 9.86. The molecule has 4 atom stereocenters. The first kappa shape index (κ1) is 23.0. The average molecular weight is 500 g/mol. The maximum atomic E-state index is 13.9. The molecule has 7 heteroatoms. The zero-order valence-corrected chi connectivity index (χ0v) is 20.6. The van der Waals surface area contributed by atoms with Crippen molar-refractivity contribution in [1.82, 2.24) is 10.2 Å². The minimum Gasteiger partial charge on any atom is -0.324 e. The average Bonchev–Trinajstić information content (AvgIpc) is 3.46. The summed E-state index contributed by atoms with van der Waals surface area (Å²) in [4.78, 5) is 42.8. The molecule has 3 aromatic carbocycles. The SMILES string of the molecule is Cc1c(Cl)ccc2c1NC(=O)[C@]21N[C@H](Cc2ccccc2)[C@H]2C(=O)N(CCc3ccccc3)C(=O)[C@@H]21. The van der Waals surface area contributed by atoms with E-state index in [1.165, 1.54) is 4.90 Å². The molecule has 0 saturated carbocycles. The van der Waals surface area contributed by atoms with Crippen LogP contribution in [0, 0.1) is 18.8 Å². The number of benzene rings is 3. The Hall–Kier alpha value is -3.48. The van der Waals surface area contributed by atoms with Crippen LogP contribution >= 0.6 is 11.6 Å². The molecule has 2 saturated heterocycles. The zero-order valence-electron chi connectivity index (χ0n) is 19.8. The molecule has 0 unspecified atom stereocenters. The smallest absolute Gasteiger partial charge is 0.250 e. The van der Waals surface area contributed by atoms with E-state index in [-0.39, 0.29) is 30.3 Å². The van der Waals surface area contributed by atoms with Crippen molar-refractivity contribution in [1.29, 1.82) is 0 Å². The molecular formula is C29H26ClN3O3. The second kappa shape index (κ2) is 8.57. The van der Waals surface area contributed by atoms with Gasteiger partial charge in [0.05, 0.1) is 17.5 Å². The predicted octanol–water partition coefficient (Wildman–Crippen LogP) is 3.85. The number of rotatable bonds is 5. The van der Waals surface area contributed by atoms with Crippen LogP contribution < -0.4 is 10.6 Å². The molecule has 6 nitrogen and oxygen atoms in total. The summed E-state index contributed by atoms with van der Waals surface area (Å²) >= 11 is 6.36. The Bertz CT molecular complexity index is 1380. The number of nitrogens with one attached hydrogen (secondary N) is 2. The summed E-state index contributed by atoms with van der Waals surface area (Å²) in [5.41, 5.74) is 2.84. The number of anilines is 1. The van der Waals surface area contributed by atoms with E-state index in [0.717, 1.165) is 16.7 Å². The number of imide groups is 1. The number of nitrogens with zero attached hydrogens (tertiary/aromatic N) is 1. The molecular weight excluding hydrogens is 474 g/mol. The standard InChI is InChI=1S/C29H26ClN3O3/c1-17-21(30)13-12-20-25(17)31-28(36)29(20)24-23(22(32-29)16-19-10-6-3-7-11-19)26(34)33(27(24)35)15-14-18-8-4-2-5-9-18/h2-13,22-24,32H,14-16H2,1H3,(H,31,36)/t22-,23-,24-,29+/m1/s1. The van der Waals surface area contributed by atoms with Crippen molar-refractivity contribution in [3.8, 4) is 0 Å². The highest BCUT2D eigenvalue weighted by molar-refractivity contribution is 6.32. The molecule has 1 spiro atoms. The van der Waals surface area contributed by atoms with Gasteiger partial charge in [0.2, 0.25) is 17.7 Å². The van der Waals surface area contributed by atoms with Crippen LogP contribution in [0.4, 0.5) is 5.69 Å². The first-order valence-corrected chi connectivity index (χ1v) is 12.6. The third kappa shape index (κ3) is 3.32. The van der Waals surface area contributed by atoms with E-state index >= 15 is 0 Å². The van der Waals surface area contributed by atoms with E-state index in [9.17, 15) is 14.4 Å². The second-order valence-corrected chi connectivity index (χ2v) is 10.3. The summed E-state index contributed by atoms with van der Waals surface area (Å²) in [5, 5.41) is 7.02. The van der Waals surface area contributed by atoms with Crippen LogP contribution in [-0.2, 0) is 32.8 Å². The van der Waals surface area contributed by atoms with E-state index in [0.29, 0.717) is 29.1 Å². The van der Waals surface area contributed by atoms with Gasteiger partial charge < -0.3 is 5.32 Å². The van der Waals surface area contributed by atoms with Crippen molar-refractivity contribution >= 4 is 35.0 Å². The van der Waals surface area contributed by atoms with Crippen LogP contribution in [0.2, 0.25) is 5.02 Å². The molecule has 2 fully saturated rings. The molecule has 36 heavy (non-hydrogen) atoms. The van der Waals surface area contributed by atoms with Gasteiger partial charge in [-0.1, -0.05) is 78.3 Å². The van der Waals surface area contributed by atoms with E-state index < -0.39 is 17.4 Å². The first-order valence-electron chi connectivity index (χ1n) is 12.2. The molecule has 0 bridgehead atoms. The summed E-state index contributed by atoms with van der Waals surface area (Å²) < 4.78 is 0. The van der Waals surface area contributed by atoms with Gasteiger partial charge in [-0.3, -0.25) is 24.6 Å². The van der Waals surface area contributed by atoms with Crippen molar-refractivity contribution in [3.63, 3.8) is 0 Å². The fourth-order valence-electron chi connectivity index (χ4n) is 6.20. The van der Waals surface area contributed by atoms with Crippen molar-refractivity contribution in [3.05, 3.63) is 100 Å². The quantitative estimate of drug-likeness (QED) is 0.523. The number of amides is 3. The minimum atomic E-state index is -1.32. The predicted molar refractivity (Wildman–Crippen MR) is 137 cm³/mol. The molecule has 0 aromatic heterocycles. The summed E-state index contributed by atoms with van der Waals surface area (Å²) in [5.74, 6) is -2.27. The maximum absolute atomic E-state index is 13.9. The van der Waals surface area contributed by atoms with Gasteiger partial charge in [0.15, 0.2) is 0 Å². The molecule has 3 aromatic rings. The van der Waals surface area contributed by atoms with Crippen LogP contribution in [0.15, 0.2) is 72.8 Å². The van der Waals surface area contributed by atoms with Gasteiger partial charge >= 0.3 is 0 Å². The number of hydrogen-bond acceptors (Lipinski definition) is 4.